The Morgan fingerprint density at radius 2 is 1.88 bits per heavy atom. The lowest BCUT2D eigenvalue weighted by Crippen LogP contribution is -2.33. The number of anilines is 2. The maximum absolute atomic E-state index is 13.3. The van der Waals surface area contributed by atoms with Crippen LogP contribution in [-0.4, -0.2) is 33.9 Å². The molecule has 0 radical (unpaired) electrons. The first-order valence-corrected chi connectivity index (χ1v) is 8.69. The van der Waals surface area contributed by atoms with Gasteiger partial charge in [-0.1, -0.05) is 25.4 Å². The van der Waals surface area contributed by atoms with Gasteiger partial charge in [-0.15, -0.1) is 0 Å². The van der Waals surface area contributed by atoms with E-state index >= 15 is 0 Å². The van der Waals surface area contributed by atoms with Crippen LogP contribution in [0.2, 0.25) is 5.02 Å². The highest BCUT2D eigenvalue weighted by molar-refractivity contribution is 6.31. The zero-order valence-corrected chi connectivity index (χ0v) is 15.4. The minimum Gasteiger partial charge on any atom is -0.337 e. The van der Waals surface area contributed by atoms with Gasteiger partial charge in [0.2, 0.25) is 5.95 Å². The smallest absolute Gasteiger partial charge is 0.272 e. The van der Waals surface area contributed by atoms with Crippen molar-refractivity contribution in [3.05, 3.63) is 46.5 Å². The predicted molar refractivity (Wildman–Crippen MR) is 97.9 cm³/mol. The van der Waals surface area contributed by atoms with E-state index in [2.05, 4.69) is 15.3 Å². The number of nitrogens with zero attached hydrogens (tertiary/aromatic N) is 3. The molecule has 0 atom stereocenters. The second-order valence-electron chi connectivity index (χ2n) is 5.76. The lowest BCUT2D eigenvalue weighted by Gasteiger charge is -2.21. The molecule has 0 saturated heterocycles. The summed E-state index contributed by atoms with van der Waals surface area (Å²) in [5.74, 6) is -0.337. The van der Waals surface area contributed by atoms with Crippen molar-refractivity contribution in [1.82, 2.24) is 14.9 Å². The first-order valence-electron chi connectivity index (χ1n) is 8.31. The van der Waals surface area contributed by atoms with Crippen LogP contribution in [0, 0.1) is 12.7 Å². The van der Waals surface area contributed by atoms with Gasteiger partial charge in [-0.25, -0.2) is 14.4 Å². The summed E-state index contributed by atoms with van der Waals surface area (Å²) in [5.41, 5.74) is 1.56. The van der Waals surface area contributed by atoms with Crippen molar-refractivity contribution < 1.29 is 9.18 Å². The summed E-state index contributed by atoms with van der Waals surface area (Å²) in [6, 6.07) is 5.92. The van der Waals surface area contributed by atoms with Gasteiger partial charge < -0.3 is 10.2 Å². The number of amides is 1. The minimum absolute atomic E-state index is 0.00557. The molecule has 1 N–H and O–H groups in total. The number of carbonyl (C=O) groups is 1. The molecule has 1 aromatic heterocycles. The van der Waals surface area contributed by atoms with Gasteiger partial charge in [0.05, 0.1) is 5.02 Å². The van der Waals surface area contributed by atoms with E-state index in [9.17, 15) is 9.18 Å². The molecule has 134 valence electrons. The van der Waals surface area contributed by atoms with Gasteiger partial charge in [0, 0.05) is 24.5 Å². The lowest BCUT2D eigenvalue weighted by atomic mass is 10.2. The molecular formula is C18H22ClFN4O. The molecule has 1 heterocycles. The summed E-state index contributed by atoms with van der Waals surface area (Å²) in [7, 11) is 0. The van der Waals surface area contributed by atoms with E-state index in [-0.39, 0.29) is 16.9 Å². The Labute approximate surface area is 152 Å². The number of aromatic nitrogens is 2. The molecule has 1 amide bonds. The number of rotatable bonds is 7. The Hall–Kier alpha value is -2.21. The highest BCUT2D eigenvalue weighted by Crippen LogP contribution is 2.21. The van der Waals surface area contributed by atoms with Crippen LogP contribution in [0.25, 0.3) is 0 Å². The molecule has 0 aliphatic rings. The maximum atomic E-state index is 13.3. The molecule has 2 rings (SSSR count). The summed E-state index contributed by atoms with van der Waals surface area (Å²) in [5, 5.41) is 2.97. The summed E-state index contributed by atoms with van der Waals surface area (Å²) in [6.45, 7) is 7.24. The molecule has 0 aliphatic heterocycles. The van der Waals surface area contributed by atoms with Crippen LogP contribution in [-0.2, 0) is 0 Å². The zero-order valence-electron chi connectivity index (χ0n) is 14.6. The largest absolute Gasteiger partial charge is 0.337 e. The highest BCUT2D eigenvalue weighted by Gasteiger charge is 2.17. The second-order valence-corrected chi connectivity index (χ2v) is 6.17. The number of benzene rings is 1. The minimum atomic E-state index is -0.497. The second kappa shape index (κ2) is 8.76. The fourth-order valence-corrected chi connectivity index (χ4v) is 2.63. The Bertz CT molecular complexity index is 748. The first-order chi connectivity index (χ1) is 11.9. The van der Waals surface area contributed by atoms with Crippen molar-refractivity contribution in [2.75, 3.05) is 18.4 Å². The molecule has 0 saturated carbocycles. The summed E-state index contributed by atoms with van der Waals surface area (Å²) >= 11 is 5.79. The fraction of sp³-hybridized carbons (Fsp3) is 0.389. The number of aryl methyl sites for hydroxylation is 1. The molecule has 0 unspecified atom stereocenters. The molecule has 0 fully saturated rings. The van der Waals surface area contributed by atoms with E-state index in [1.54, 1.807) is 17.9 Å². The van der Waals surface area contributed by atoms with Gasteiger partial charge >= 0.3 is 0 Å². The van der Waals surface area contributed by atoms with Gasteiger partial charge in [-0.3, -0.25) is 4.79 Å². The maximum Gasteiger partial charge on any atom is 0.272 e. The molecule has 7 heteroatoms. The molecule has 0 bridgehead atoms. The van der Waals surface area contributed by atoms with Gasteiger partial charge in [0.1, 0.15) is 11.5 Å². The van der Waals surface area contributed by atoms with Crippen LogP contribution >= 0.6 is 11.6 Å². The van der Waals surface area contributed by atoms with E-state index in [4.69, 9.17) is 11.6 Å². The van der Waals surface area contributed by atoms with E-state index in [0.29, 0.717) is 30.2 Å². The van der Waals surface area contributed by atoms with Gasteiger partial charge in [0.25, 0.3) is 5.91 Å². The molecule has 0 aliphatic carbocycles. The van der Waals surface area contributed by atoms with Gasteiger partial charge in [0.15, 0.2) is 0 Å². The van der Waals surface area contributed by atoms with Crippen molar-refractivity contribution in [3.63, 3.8) is 0 Å². The Morgan fingerprint density at radius 3 is 2.48 bits per heavy atom. The molecule has 25 heavy (non-hydrogen) atoms. The average molecular weight is 365 g/mol. The van der Waals surface area contributed by atoms with Crippen molar-refractivity contribution in [2.24, 2.45) is 0 Å². The number of carbonyl (C=O) groups excluding carboxylic acids is 1. The molecule has 2 aromatic rings. The van der Waals surface area contributed by atoms with Crippen LogP contribution in [0.3, 0.4) is 0 Å². The van der Waals surface area contributed by atoms with Gasteiger partial charge in [-0.05, 0) is 44.0 Å². The van der Waals surface area contributed by atoms with Crippen molar-refractivity contribution >= 4 is 29.1 Å². The standard InChI is InChI=1S/C18H22ClFN4O/c1-4-8-24(9-5-2)17(25)16-10-12(3)21-18(23-16)22-13-6-7-15(20)14(19)11-13/h6-7,10-11H,4-5,8-9H2,1-3H3,(H,21,22,23). The third-order valence-corrected chi connectivity index (χ3v) is 3.81. The van der Waals surface area contributed by atoms with Crippen molar-refractivity contribution in [1.29, 1.82) is 0 Å². The molecule has 1 aromatic carbocycles. The Morgan fingerprint density at radius 1 is 1.20 bits per heavy atom. The quantitative estimate of drug-likeness (QED) is 0.781. The topological polar surface area (TPSA) is 58.1 Å². The van der Waals surface area contributed by atoms with Crippen LogP contribution in [0.1, 0.15) is 42.9 Å². The SMILES string of the molecule is CCCN(CCC)C(=O)c1cc(C)nc(Nc2ccc(F)c(Cl)c2)n1. The summed E-state index contributed by atoms with van der Waals surface area (Å²) in [6.07, 6.45) is 1.77. The third kappa shape index (κ3) is 5.13. The van der Waals surface area contributed by atoms with E-state index in [0.717, 1.165) is 12.8 Å². The van der Waals surface area contributed by atoms with Crippen molar-refractivity contribution in [2.45, 2.75) is 33.6 Å². The average Bonchev–Trinajstić information content (AvgIpc) is 2.57. The fourth-order valence-electron chi connectivity index (χ4n) is 2.45. The summed E-state index contributed by atoms with van der Waals surface area (Å²) < 4.78 is 13.3. The van der Waals surface area contributed by atoms with Crippen LogP contribution < -0.4 is 5.32 Å². The highest BCUT2D eigenvalue weighted by atomic mass is 35.5. The van der Waals surface area contributed by atoms with Crippen LogP contribution in [0.4, 0.5) is 16.0 Å². The van der Waals surface area contributed by atoms with Crippen LogP contribution in [0.15, 0.2) is 24.3 Å². The predicted octanol–water partition coefficient (Wildman–Crippen LogP) is 4.58. The van der Waals surface area contributed by atoms with Crippen molar-refractivity contribution in [3.8, 4) is 0 Å². The van der Waals surface area contributed by atoms with Gasteiger partial charge in [-0.2, -0.15) is 0 Å². The molecule has 5 nitrogen and oxygen atoms in total. The van der Waals surface area contributed by atoms with E-state index in [1.807, 2.05) is 13.8 Å². The Balaban J connectivity index is 2.26. The number of halogens is 2. The third-order valence-electron chi connectivity index (χ3n) is 3.52. The normalized spacial score (nSPS) is 10.6. The Kier molecular flexibility index (Phi) is 6.70. The summed E-state index contributed by atoms with van der Waals surface area (Å²) in [4.78, 5) is 23.1. The number of hydrogen-bond donors (Lipinski definition) is 1. The monoisotopic (exact) mass is 364 g/mol. The van der Waals surface area contributed by atoms with E-state index in [1.165, 1.54) is 18.2 Å². The van der Waals surface area contributed by atoms with E-state index < -0.39 is 5.82 Å². The molecule has 0 spiro atoms. The first kappa shape index (κ1) is 19.1. The lowest BCUT2D eigenvalue weighted by molar-refractivity contribution is 0.0749. The number of hydrogen-bond acceptors (Lipinski definition) is 4. The zero-order chi connectivity index (χ0) is 18.4. The van der Waals surface area contributed by atoms with Crippen LogP contribution in [0.5, 0.6) is 0 Å². The molecular weight excluding hydrogens is 343 g/mol. The number of nitrogens with one attached hydrogen (secondary N) is 1.